The van der Waals surface area contributed by atoms with Gasteiger partial charge in [0.05, 0.1) is 37.0 Å². The van der Waals surface area contributed by atoms with Gasteiger partial charge in [0.2, 0.25) is 5.91 Å². The van der Waals surface area contributed by atoms with Crippen molar-refractivity contribution in [1.82, 2.24) is 9.88 Å². The molecule has 1 saturated heterocycles. The minimum Gasteiger partial charge on any atom is -0.384 e. The molecule has 6 nitrogen and oxygen atoms in total. The maximum absolute atomic E-state index is 12.3. The number of nitrogens with zero attached hydrogens (tertiary/aromatic N) is 2. The highest BCUT2D eigenvalue weighted by Crippen LogP contribution is 2.14. The molecule has 0 radical (unpaired) electrons. The number of ether oxygens (including phenoxy) is 1. The molecule has 110 valence electrons. The van der Waals surface area contributed by atoms with Gasteiger partial charge in [0.1, 0.15) is 6.04 Å². The molecule has 20 heavy (non-hydrogen) atoms. The van der Waals surface area contributed by atoms with Crippen molar-refractivity contribution in [3.05, 3.63) is 18.5 Å². The van der Waals surface area contributed by atoms with Crippen LogP contribution in [-0.4, -0.2) is 54.7 Å². The van der Waals surface area contributed by atoms with Crippen molar-refractivity contribution in [2.24, 2.45) is 0 Å². The van der Waals surface area contributed by atoms with Crippen molar-refractivity contribution in [2.75, 3.05) is 43.5 Å². The van der Waals surface area contributed by atoms with E-state index < -0.39 is 0 Å². The number of morpholine rings is 1. The van der Waals surface area contributed by atoms with Gasteiger partial charge in [-0.2, -0.15) is 0 Å². The Morgan fingerprint density at radius 2 is 2.10 bits per heavy atom. The van der Waals surface area contributed by atoms with Crippen LogP contribution in [0.1, 0.15) is 13.8 Å². The molecule has 2 heterocycles. The first kappa shape index (κ1) is 14.6. The first-order chi connectivity index (χ1) is 9.70. The molecular formula is C14H22N4O2. The van der Waals surface area contributed by atoms with Crippen molar-refractivity contribution in [3.8, 4) is 0 Å². The zero-order valence-electron chi connectivity index (χ0n) is 12.1. The van der Waals surface area contributed by atoms with Crippen LogP contribution in [0.25, 0.3) is 0 Å². The molecule has 2 N–H and O–H groups in total. The van der Waals surface area contributed by atoms with Gasteiger partial charge >= 0.3 is 0 Å². The number of nitrogens with one attached hydrogen (secondary N) is 2. The quantitative estimate of drug-likeness (QED) is 0.846. The van der Waals surface area contributed by atoms with Gasteiger partial charge in [0.25, 0.3) is 0 Å². The van der Waals surface area contributed by atoms with Crippen molar-refractivity contribution in [1.29, 1.82) is 0 Å². The maximum Gasteiger partial charge on any atom is 0.244 e. The topological polar surface area (TPSA) is 66.5 Å². The molecule has 1 unspecified atom stereocenters. The van der Waals surface area contributed by atoms with E-state index in [2.05, 4.69) is 15.6 Å². The van der Waals surface area contributed by atoms with E-state index in [4.69, 9.17) is 4.74 Å². The largest absolute Gasteiger partial charge is 0.384 e. The van der Waals surface area contributed by atoms with E-state index in [0.29, 0.717) is 26.3 Å². The number of pyridine rings is 1. The van der Waals surface area contributed by atoms with Gasteiger partial charge in [0, 0.05) is 19.6 Å². The predicted octanol–water partition coefficient (Wildman–Crippen LogP) is 1.17. The number of anilines is 2. The van der Waals surface area contributed by atoms with Crippen LogP contribution in [-0.2, 0) is 9.53 Å². The normalized spacial score (nSPS) is 16.6. The monoisotopic (exact) mass is 278 g/mol. The summed E-state index contributed by atoms with van der Waals surface area (Å²) < 4.78 is 5.26. The predicted molar refractivity (Wildman–Crippen MR) is 78.9 cm³/mol. The third-order valence-electron chi connectivity index (χ3n) is 3.20. The summed E-state index contributed by atoms with van der Waals surface area (Å²) in [5, 5.41) is 6.40. The van der Waals surface area contributed by atoms with E-state index in [-0.39, 0.29) is 11.9 Å². The fourth-order valence-corrected chi connectivity index (χ4v) is 2.19. The van der Waals surface area contributed by atoms with Crippen LogP contribution in [0.2, 0.25) is 0 Å². The Morgan fingerprint density at radius 3 is 2.80 bits per heavy atom. The molecule has 1 aromatic rings. The van der Waals surface area contributed by atoms with Gasteiger partial charge in [-0.15, -0.1) is 0 Å². The Hall–Kier alpha value is -1.82. The molecule has 0 aromatic carbocycles. The number of carbonyl (C=O) groups excluding carboxylic acids is 1. The Balaban J connectivity index is 1.94. The highest BCUT2D eigenvalue weighted by atomic mass is 16.5. The molecular weight excluding hydrogens is 256 g/mol. The third kappa shape index (κ3) is 3.84. The molecule has 0 spiro atoms. The molecule has 0 saturated carbocycles. The molecule has 1 atom stereocenters. The van der Waals surface area contributed by atoms with Gasteiger partial charge < -0.3 is 20.3 Å². The van der Waals surface area contributed by atoms with Gasteiger partial charge in [-0.05, 0) is 19.9 Å². The summed E-state index contributed by atoms with van der Waals surface area (Å²) in [6, 6.07) is 1.69. The molecule has 2 rings (SSSR count). The summed E-state index contributed by atoms with van der Waals surface area (Å²) in [5.41, 5.74) is 1.79. The Labute approximate surface area is 119 Å². The lowest BCUT2D eigenvalue weighted by Gasteiger charge is -2.29. The van der Waals surface area contributed by atoms with Crippen LogP contribution in [0.3, 0.4) is 0 Å². The Kier molecular flexibility index (Phi) is 5.17. The van der Waals surface area contributed by atoms with E-state index in [0.717, 1.165) is 17.9 Å². The second-order valence-corrected chi connectivity index (χ2v) is 4.80. The number of aromatic nitrogens is 1. The fourth-order valence-electron chi connectivity index (χ4n) is 2.19. The molecule has 1 amide bonds. The summed E-state index contributed by atoms with van der Waals surface area (Å²) in [4.78, 5) is 18.3. The van der Waals surface area contributed by atoms with E-state index in [1.165, 1.54) is 0 Å². The number of hydrogen-bond acceptors (Lipinski definition) is 5. The fraction of sp³-hybridized carbons (Fsp3) is 0.571. The molecule has 0 aliphatic carbocycles. The van der Waals surface area contributed by atoms with Crippen molar-refractivity contribution in [2.45, 2.75) is 19.9 Å². The third-order valence-corrected chi connectivity index (χ3v) is 3.20. The van der Waals surface area contributed by atoms with Crippen molar-refractivity contribution >= 4 is 17.3 Å². The van der Waals surface area contributed by atoms with Gasteiger partial charge in [0.15, 0.2) is 0 Å². The highest BCUT2D eigenvalue weighted by Gasteiger charge is 2.22. The molecule has 1 aromatic heterocycles. The first-order valence-corrected chi connectivity index (χ1v) is 7.02. The maximum atomic E-state index is 12.3. The number of hydrogen-bond donors (Lipinski definition) is 2. The molecule has 6 heteroatoms. The molecule has 0 bridgehead atoms. The van der Waals surface area contributed by atoms with Crippen LogP contribution < -0.4 is 10.6 Å². The molecule has 1 aliphatic rings. The summed E-state index contributed by atoms with van der Waals surface area (Å²) >= 11 is 0. The van der Waals surface area contributed by atoms with Crippen molar-refractivity contribution < 1.29 is 9.53 Å². The zero-order valence-corrected chi connectivity index (χ0v) is 12.1. The SMILES string of the molecule is CCNc1cncc(NC(C)C(=O)N2CCOCC2)c1. The average Bonchev–Trinajstić information content (AvgIpc) is 2.48. The van der Waals surface area contributed by atoms with Crippen LogP contribution in [0.5, 0.6) is 0 Å². The lowest BCUT2D eigenvalue weighted by Crippen LogP contribution is -2.47. The smallest absolute Gasteiger partial charge is 0.244 e. The molecule has 1 aliphatic heterocycles. The molecule has 1 fully saturated rings. The second kappa shape index (κ2) is 7.09. The van der Waals surface area contributed by atoms with Gasteiger partial charge in [-0.3, -0.25) is 9.78 Å². The Bertz CT molecular complexity index is 447. The number of amides is 1. The van der Waals surface area contributed by atoms with Crippen LogP contribution in [0.15, 0.2) is 18.5 Å². The van der Waals surface area contributed by atoms with E-state index in [1.807, 2.05) is 24.8 Å². The van der Waals surface area contributed by atoms with Crippen LogP contribution in [0, 0.1) is 0 Å². The second-order valence-electron chi connectivity index (χ2n) is 4.80. The lowest BCUT2D eigenvalue weighted by atomic mass is 10.2. The van der Waals surface area contributed by atoms with Crippen molar-refractivity contribution in [3.63, 3.8) is 0 Å². The summed E-state index contributed by atoms with van der Waals surface area (Å²) in [6.07, 6.45) is 3.49. The number of rotatable bonds is 5. The van der Waals surface area contributed by atoms with Crippen LogP contribution >= 0.6 is 0 Å². The standard InChI is InChI=1S/C14H22N4O2/c1-3-16-12-8-13(10-15-9-12)17-11(2)14(19)18-4-6-20-7-5-18/h8-11,16-17H,3-7H2,1-2H3. The first-order valence-electron chi connectivity index (χ1n) is 7.02. The van der Waals surface area contributed by atoms with Gasteiger partial charge in [-0.1, -0.05) is 0 Å². The van der Waals surface area contributed by atoms with Gasteiger partial charge in [-0.25, -0.2) is 0 Å². The minimum atomic E-state index is -0.272. The van der Waals surface area contributed by atoms with E-state index in [9.17, 15) is 4.79 Å². The van der Waals surface area contributed by atoms with E-state index in [1.54, 1.807) is 12.4 Å². The zero-order chi connectivity index (χ0) is 14.4. The summed E-state index contributed by atoms with van der Waals surface area (Å²) in [5.74, 6) is 0.0992. The van der Waals surface area contributed by atoms with Crippen LogP contribution in [0.4, 0.5) is 11.4 Å². The Morgan fingerprint density at radius 1 is 1.40 bits per heavy atom. The average molecular weight is 278 g/mol. The lowest BCUT2D eigenvalue weighted by molar-refractivity contribution is -0.135. The summed E-state index contributed by atoms with van der Waals surface area (Å²) in [6.45, 7) is 7.32. The summed E-state index contributed by atoms with van der Waals surface area (Å²) in [7, 11) is 0. The highest BCUT2D eigenvalue weighted by molar-refractivity contribution is 5.84. The number of carbonyl (C=O) groups is 1. The van der Waals surface area contributed by atoms with E-state index >= 15 is 0 Å². The minimum absolute atomic E-state index is 0.0992.